The van der Waals surface area contributed by atoms with Crippen molar-refractivity contribution >= 4 is 0 Å². The summed E-state index contributed by atoms with van der Waals surface area (Å²) in [5, 5.41) is 0. The molecule has 21 heavy (non-hydrogen) atoms. The van der Waals surface area contributed by atoms with Crippen molar-refractivity contribution < 1.29 is 19.8 Å². The zero-order valence-electron chi connectivity index (χ0n) is 16.1. The first kappa shape index (κ1) is 21.6. The van der Waals surface area contributed by atoms with Gasteiger partial charge in [-0.1, -0.05) is 69.2 Å². The Balaban J connectivity index is 0.000000364. The van der Waals surface area contributed by atoms with Gasteiger partial charge in [-0.05, 0) is 59.2 Å². The first-order valence-electron chi connectivity index (χ1n) is 9.11. The molecule has 0 aliphatic heterocycles. The van der Waals surface area contributed by atoms with E-state index in [0.29, 0.717) is 0 Å². The van der Waals surface area contributed by atoms with Crippen LogP contribution < -0.4 is 0 Å². The van der Waals surface area contributed by atoms with E-state index >= 15 is 0 Å². The monoisotopic (exact) mass is 472 g/mol. The molecule has 0 amide bonds. The van der Waals surface area contributed by atoms with E-state index in [0.717, 1.165) is 59.2 Å². The maximum absolute atomic E-state index is 2.40. The van der Waals surface area contributed by atoms with Gasteiger partial charge in [0.25, 0.3) is 0 Å². The second-order valence-electron chi connectivity index (χ2n) is 8.59. The minimum atomic E-state index is 0. The van der Waals surface area contributed by atoms with Gasteiger partial charge in [0.2, 0.25) is 0 Å². The molecule has 0 unspecified atom stereocenters. The molecule has 0 aromatic rings. The molecule has 2 saturated carbocycles. The summed E-state index contributed by atoms with van der Waals surface area (Å²) in [6.07, 6.45) is 0. The van der Waals surface area contributed by atoms with E-state index in [2.05, 4.69) is 69.2 Å². The molecule has 0 atom stereocenters. The average molecular weight is 471 g/mol. The molecule has 0 aromatic heterocycles. The van der Waals surface area contributed by atoms with Gasteiger partial charge in [-0.25, -0.2) is 0 Å². The van der Waals surface area contributed by atoms with Gasteiger partial charge in [-0.2, -0.15) is 0 Å². The van der Waals surface area contributed by atoms with Crippen molar-refractivity contribution in [3.63, 3.8) is 0 Å². The Labute approximate surface area is 148 Å². The van der Waals surface area contributed by atoms with Gasteiger partial charge >= 0.3 is 0 Å². The zero-order chi connectivity index (χ0) is 15.8. The molecule has 0 bridgehead atoms. The van der Waals surface area contributed by atoms with Crippen molar-refractivity contribution in [1.82, 2.24) is 0 Å². The minimum absolute atomic E-state index is 0. The molecule has 0 heterocycles. The number of hydrogen-bond acceptors (Lipinski definition) is 0. The Kier molecular flexibility index (Phi) is 8.73. The quantitative estimate of drug-likeness (QED) is 0.386. The van der Waals surface area contributed by atoms with E-state index in [4.69, 9.17) is 0 Å². The van der Waals surface area contributed by atoms with E-state index in [1.54, 1.807) is 0 Å². The van der Waals surface area contributed by atoms with Crippen molar-refractivity contribution in [1.29, 1.82) is 0 Å². The van der Waals surface area contributed by atoms with Crippen molar-refractivity contribution in [3.8, 4) is 0 Å². The summed E-state index contributed by atoms with van der Waals surface area (Å²) in [6.45, 7) is 24.0. The Bertz CT molecular complexity index is 181. The van der Waals surface area contributed by atoms with Gasteiger partial charge in [0.15, 0.2) is 0 Å². The second-order valence-corrected chi connectivity index (χ2v) is 8.59. The molecular weight excluding hydrogens is 430 g/mol. The predicted octanol–water partition coefficient (Wildman–Crippen LogP) is 6.36. The van der Waals surface area contributed by atoms with Gasteiger partial charge in [-0.3, -0.25) is 0 Å². The molecule has 0 nitrogen and oxygen atoms in total. The fourth-order valence-corrected chi connectivity index (χ4v) is 4.79. The molecule has 0 N–H and O–H groups in total. The van der Waals surface area contributed by atoms with Crippen LogP contribution in [0.2, 0.25) is 0 Å². The average Bonchev–Trinajstić information content (AvgIpc) is 2.71. The topological polar surface area (TPSA) is 0 Å². The van der Waals surface area contributed by atoms with E-state index in [9.17, 15) is 0 Å². The maximum Gasteiger partial charge on any atom is 0 e. The molecule has 0 saturated heterocycles. The van der Waals surface area contributed by atoms with Crippen molar-refractivity contribution in [2.24, 2.45) is 59.2 Å². The normalized spacial score (nSPS) is 52.9. The van der Waals surface area contributed by atoms with Crippen LogP contribution >= 0.6 is 0 Å². The largest absolute Gasteiger partial charge is 0.0620 e. The second kappa shape index (κ2) is 8.48. The number of hydrogen-bond donors (Lipinski definition) is 0. The van der Waals surface area contributed by atoms with Crippen LogP contribution in [0.15, 0.2) is 0 Å². The third-order valence-electron chi connectivity index (χ3n) is 8.29. The Morgan fingerprint density at radius 2 is 0.286 bits per heavy atom. The summed E-state index contributed by atoms with van der Waals surface area (Å²) < 4.78 is 0. The van der Waals surface area contributed by atoms with E-state index in [1.807, 2.05) is 0 Å². The summed E-state index contributed by atoms with van der Waals surface area (Å²) in [5.74, 6) is 9.35. The molecule has 1 heteroatoms. The van der Waals surface area contributed by atoms with Crippen LogP contribution in [-0.2, 0) is 19.8 Å². The summed E-state index contributed by atoms with van der Waals surface area (Å²) in [7, 11) is 0. The van der Waals surface area contributed by atoms with Crippen LogP contribution in [0.4, 0.5) is 0 Å². The molecule has 2 fully saturated rings. The van der Waals surface area contributed by atoms with Gasteiger partial charge in [0.1, 0.15) is 0 Å². The molecular formula is C20H40Os. The SMILES string of the molecule is CC1C(C)C(C)C(C)C1C.CC1C(C)C(C)C(C)C1C.[Os]. The summed E-state index contributed by atoms with van der Waals surface area (Å²) in [4.78, 5) is 0. The minimum Gasteiger partial charge on any atom is -0.0620 e. The molecule has 2 rings (SSSR count). The fourth-order valence-electron chi connectivity index (χ4n) is 4.79. The van der Waals surface area contributed by atoms with Crippen LogP contribution in [0.1, 0.15) is 69.2 Å². The Hall–Kier alpha value is 0.636. The predicted molar refractivity (Wildman–Crippen MR) is 91.6 cm³/mol. The third kappa shape index (κ3) is 4.34. The van der Waals surface area contributed by atoms with Gasteiger partial charge in [0.05, 0.1) is 0 Å². The first-order valence-corrected chi connectivity index (χ1v) is 9.11. The maximum atomic E-state index is 2.40. The van der Waals surface area contributed by atoms with E-state index in [1.165, 1.54) is 0 Å². The third-order valence-corrected chi connectivity index (χ3v) is 8.29. The molecule has 2 aliphatic rings. The van der Waals surface area contributed by atoms with Crippen LogP contribution in [0.5, 0.6) is 0 Å². The Morgan fingerprint density at radius 1 is 0.238 bits per heavy atom. The van der Waals surface area contributed by atoms with E-state index < -0.39 is 0 Å². The summed E-state index contributed by atoms with van der Waals surface area (Å²) in [5.41, 5.74) is 0. The summed E-state index contributed by atoms with van der Waals surface area (Å²) in [6, 6.07) is 0. The smallest absolute Gasteiger partial charge is 0 e. The van der Waals surface area contributed by atoms with Crippen LogP contribution in [0.25, 0.3) is 0 Å². The molecule has 0 radical (unpaired) electrons. The van der Waals surface area contributed by atoms with Crippen LogP contribution in [0, 0.1) is 59.2 Å². The molecule has 2 aliphatic carbocycles. The van der Waals surface area contributed by atoms with Gasteiger partial charge < -0.3 is 0 Å². The first-order chi connectivity index (χ1) is 9.11. The standard InChI is InChI=1S/2C10H20.Os/c2*1-6-7(2)9(4)10(5)8(6)3;/h2*6-10H,1-5H3;. The fraction of sp³-hybridized carbons (Fsp3) is 1.00. The van der Waals surface area contributed by atoms with Crippen molar-refractivity contribution in [3.05, 3.63) is 0 Å². The van der Waals surface area contributed by atoms with Crippen LogP contribution in [-0.4, -0.2) is 0 Å². The number of rotatable bonds is 0. The van der Waals surface area contributed by atoms with Crippen molar-refractivity contribution in [2.45, 2.75) is 69.2 Å². The van der Waals surface area contributed by atoms with E-state index in [-0.39, 0.29) is 19.8 Å². The molecule has 0 aromatic carbocycles. The molecule has 128 valence electrons. The van der Waals surface area contributed by atoms with Gasteiger partial charge in [0, 0.05) is 19.8 Å². The van der Waals surface area contributed by atoms with Gasteiger partial charge in [-0.15, -0.1) is 0 Å². The zero-order valence-corrected chi connectivity index (χ0v) is 18.7. The van der Waals surface area contributed by atoms with Crippen LogP contribution in [0.3, 0.4) is 0 Å². The summed E-state index contributed by atoms with van der Waals surface area (Å²) >= 11 is 0. The Morgan fingerprint density at radius 3 is 0.333 bits per heavy atom. The molecule has 0 spiro atoms. The van der Waals surface area contributed by atoms with Crippen molar-refractivity contribution in [2.75, 3.05) is 0 Å².